The van der Waals surface area contributed by atoms with Crippen LogP contribution < -0.4 is 4.74 Å². The van der Waals surface area contributed by atoms with Gasteiger partial charge in [0.05, 0.1) is 7.11 Å². The van der Waals surface area contributed by atoms with Gasteiger partial charge in [-0.05, 0) is 48.9 Å². The number of fused-ring (bicyclic) bond motifs is 1. The lowest BCUT2D eigenvalue weighted by Gasteiger charge is -2.19. The average Bonchev–Trinajstić information content (AvgIpc) is 2.48. The Morgan fingerprint density at radius 2 is 1.95 bits per heavy atom. The van der Waals surface area contributed by atoms with E-state index in [9.17, 15) is 0 Å². The molecule has 98 valence electrons. The minimum atomic E-state index is 0.868. The molecular formula is C17H19NO. The molecular weight excluding hydrogens is 234 g/mol. The lowest BCUT2D eigenvalue weighted by molar-refractivity contribution is 0.410. The Kier molecular flexibility index (Phi) is 3.49. The Morgan fingerprint density at radius 3 is 2.84 bits per heavy atom. The number of rotatable bonds is 3. The molecule has 1 aliphatic carbocycles. The van der Waals surface area contributed by atoms with Gasteiger partial charge in [0.15, 0.2) is 0 Å². The van der Waals surface area contributed by atoms with E-state index in [4.69, 9.17) is 4.74 Å². The van der Waals surface area contributed by atoms with E-state index >= 15 is 0 Å². The molecule has 2 nitrogen and oxygen atoms in total. The third-order valence-corrected chi connectivity index (χ3v) is 3.92. The Morgan fingerprint density at radius 1 is 1.11 bits per heavy atom. The highest BCUT2D eigenvalue weighted by Gasteiger charge is 2.15. The van der Waals surface area contributed by atoms with Gasteiger partial charge >= 0.3 is 0 Å². The summed E-state index contributed by atoms with van der Waals surface area (Å²) < 4.78 is 5.43. The molecule has 1 aromatic heterocycles. The quantitative estimate of drug-likeness (QED) is 0.834. The van der Waals surface area contributed by atoms with Crippen molar-refractivity contribution in [3.63, 3.8) is 0 Å². The van der Waals surface area contributed by atoms with Crippen LogP contribution in [-0.4, -0.2) is 12.1 Å². The van der Waals surface area contributed by atoms with E-state index in [2.05, 4.69) is 23.2 Å². The second-order valence-electron chi connectivity index (χ2n) is 5.09. The van der Waals surface area contributed by atoms with Gasteiger partial charge in [-0.2, -0.15) is 0 Å². The molecule has 0 saturated heterocycles. The summed E-state index contributed by atoms with van der Waals surface area (Å²) in [4.78, 5) is 4.61. The van der Waals surface area contributed by atoms with Crippen molar-refractivity contribution in [3.05, 3.63) is 58.9 Å². The van der Waals surface area contributed by atoms with Gasteiger partial charge in [0, 0.05) is 23.9 Å². The number of pyridine rings is 1. The minimum Gasteiger partial charge on any atom is -0.496 e. The zero-order chi connectivity index (χ0) is 13.1. The van der Waals surface area contributed by atoms with Gasteiger partial charge in [-0.3, -0.25) is 4.98 Å². The number of aryl methyl sites for hydroxylation is 1. The van der Waals surface area contributed by atoms with Crippen LogP contribution in [0.4, 0.5) is 0 Å². The highest BCUT2D eigenvalue weighted by atomic mass is 16.5. The van der Waals surface area contributed by atoms with Gasteiger partial charge in [0.2, 0.25) is 0 Å². The molecule has 19 heavy (non-hydrogen) atoms. The summed E-state index contributed by atoms with van der Waals surface area (Å²) >= 11 is 0. The number of nitrogens with zero attached hydrogens (tertiary/aromatic N) is 1. The lowest BCUT2D eigenvalue weighted by Crippen LogP contribution is -2.09. The van der Waals surface area contributed by atoms with E-state index in [1.807, 2.05) is 18.3 Å². The zero-order valence-corrected chi connectivity index (χ0v) is 11.4. The van der Waals surface area contributed by atoms with E-state index < -0.39 is 0 Å². The van der Waals surface area contributed by atoms with Crippen molar-refractivity contribution in [3.8, 4) is 5.75 Å². The summed E-state index contributed by atoms with van der Waals surface area (Å²) in [7, 11) is 1.73. The molecule has 1 aliphatic rings. The van der Waals surface area contributed by atoms with Gasteiger partial charge in [0.1, 0.15) is 5.75 Å². The normalized spacial score (nSPS) is 13.9. The predicted molar refractivity (Wildman–Crippen MR) is 76.7 cm³/mol. The summed E-state index contributed by atoms with van der Waals surface area (Å²) in [5, 5.41) is 0. The first-order chi connectivity index (χ1) is 9.38. The van der Waals surface area contributed by atoms with Crippen LogP contribution in [0.1, 0.15) is 35.2 Å². The maximum atomic E-state index is 5.43. The third kappa shape index (κ3) is 2.48. The summed E-state index contributed by atoms with van der Waals surface area (Å²) in [5.41, 5.74) is 5.41. The first-order valence-corrected chi connectivity index (χ1v) is 6.96. The molecule has 0 N–H and O–H groups in total. The molecule has 0 unspecified atom stereocenters. The molecule has 1 aromatic carbocycles. The number of ether oxygens (including phenoxy) is 1. The molecule has 0 radical (unpaired) electrons. The summed E-state index contributed by atoms with van der Waals surface area (Å²) in [5.74, 6) is 0.956. The molecule has 0 spiro atoms. The fourth-order valence-electron chi connectivity index (χ4n) is 2.92. The second-order valence-corrected chi connectivity index (χ2v) is 5.09. The predicted octanol–water partition coefficient (Wildman–Crippen LogP) is 3.56. The highest BCUT2D eigenvalue weighted by Crippen LogP contribution is 2.27. The lowest BCUT2D eigenvalue weighted by atomic mass is 9.89. The van der Waals surface area contributed by atoms with E-state index in [0.29, 0.717) is 0 Å². The van der Waals surface area contributed by atoms with Gasteiger partial charge < -0.3 is 4.74 Å². The Balaban J connectivity index is 1.95. The number of aromatic nitrogens is 1. The van der Waals surface area contributed by atoms with Crippen LogP contribution in [0, 0.1) is 0 Å². The topological polar surface area (TPSA) is 22.1 Å². The third-order valence-electron chi connectivity index (χ3n) is 3.92. The van der Waals surface area contributed by atoms with Crippen molar-refractivity contribution in [1.82, 2.24) is 4.98 Å². The summed E-state index contributed by atoms with van der Waals surface area (Å²) in [6.07, 6.45) is 7.80. The number of methoxy groups -OCH3 is 1. The molecule has 0 bridgehead atoms. The molecule has 0 aliphatic heterocycles. The molecule has 0 atom stereocenters. The first kappa shape index (κ1) is 12.2. The van der Waals surface area contributed by atoms with Crippen LogP contribution in [0.25, 0.3) is 0 Å². The van der Waals surface area contributed by atoms with Gasteiger partial charge in [0.25, 0.3) is 0 Å². The van der Waals surface area contributed by atoms with Crippen LogP contribution in [0.3, 0.4) is 0 Å². The number of hydrogen-bond acceptors (Lipinski definition) is 2. The molecule has 3 rings (SSSR count). The highest BCUT2D eigenvalue weighted by molar-refractivity contribution is 5.40. The van der Waals surface area contributed by atoms with Crippen molar-refractivity contribution in [1.29, 1.82) is 0 Å². The molecule has 0 amide bonds. The van der Waals surface area contributed by atoms with E-state index in [1.165, 1.54) is 48.1 Å². The maximum Gasteiger partial charge on any atom is 0.122 e. The van der Waals surface area contributed by atoms with Crippen LogP contribution in [0.5, 0.6) is 5.75 Å². The maximum absolute atomic E-state index is 5.43. The van der Waals surface area contributed by atoms with Crippen molar-refractivity contribution in [2.24, 2.45) is 0 Å². The Labute approximate surface area is 114 Å². The standard InChI is InChI=1S/C17H19NO/c1-19-17-9-5-3-7-14(17)12-16-15-8-4-2-6-13(15)10-11-18-16/h3,5,7,9-11H,2,4,6,8,12H2,1H3. The SMILES string of the molecule is COc1ccccc1Cc1nccc2c1CCCC2. The van der Waals surface area contributed by atoms with Crippen LogP contribution in [-0.2, 0) is 19.3 Å². The number of para-hydroxylation sites is 1. The molecule has 0 fully saturated rings. The summed E-state index contributed by atoms with van der Waals surface area (Å²) in [6, 6.07) is 10.4. The molecule has 0 saturated carbocycles. The zero-order valence-electron chi connectivity index (χ0n) is 11.4. The van der Waals surface area contributed by atoms with Crippen molar-refractivity contribution < 1.29 is 4.74 Å². The van der Waals surface area contributed by atoms with E-state index in [0.717, 1.165) is 12.2 Å². The Hall–Kier alpha value is -1.83. The number of hydrogen-bond donors (Lipinski definition) is 0. The van der Waals surface area contributed by atoms with Gasteiger partial charge in [-0.1, -0.05) is 18.2 Å². The van der Waals surface area contributed by atoms with Crippen LogP contribution in [0.2, 0.25) is 0 Å². The summed E-state index contributed by atoms with van der Waals surface area (Å²) in [6.45, 7) is 0. The largest absolute Gasteiger partial charge is 0.496 e. The van der Waals surface area contributed by atoms with Gasteiger partial charge in [-0.15, -0.1) is 0 Å². The van der Waals surface area contributed by atoms with E-state index in [1.54, 1.807) is 7.11 Å². The molecule has 1 heterocycles. The minimum absolute atomic E-state index is 0.868. The van der Waals surface area contributed by atoms with Crippen molar-refractivity contribution >= 4 is 0 Å². The Bertz CT molecular complexity index is 577. The van der Waals surface area contributed by atoms with Crippen molar-refractivity contribution in [2.75, 3.05) is 7.11 Å². The van der Waals surface area contributed by atoms with Crippen LogP contribution >= 0.6 is 0 Å². The van der Waals surface area contributed by atoms with Gasteiger partial charge in [-0.25, -0.2) is 0 Å². The fraction of sp³-hybridized carbons (Fsp3) is 0.353. The second kappa shape index (κ2) is 5.43. The van der Waals surface area contributed by atoms with Crippen LogP contribution in [0.15, 0.2) is 36.5 Å². The van der Waals surface area contributed by atoms with Crippen molar-refractivity contribution in [2.45, 2.75) is 32.1 Å². The monoisotopic (exact) mass is 253 g/mol. The number of benzene rings is 1. The smallest absolute Gasteiger partial charge is 0.122 e. The molecule has 2 aromatic rings. The fourth-order valence-corrected chi connectivity index (χ4v) is 2.92. The average molecular weight is 253 g/mol. The molecule has 2 heteroatoms. The van der Waals surface area contributed by atoms with E-state index in [-0.39, 0.29) is 0 Å². The first-order valence-electron chi connectivity index (χ1n) is 6.96.